The number of nitriles is 2. The van der Waals surface area contributed by atoms with Crippen LogP contribution in [0.5, 0.6) is 0 Å². The van der Waals surface area contributed by atoms with Crippen molar-refractivity contribution in [2.45, 2.75) is 0 Å². The molecule has 8 aromatic carbocycles. The summed E-state index contributed by atoms with van der Waals surface area (Å²) in [5, 5.41) is 25.4. The standard InChI is InChI=1S/C50H30N4/c51-31-39-21-19-37(29-49(39)53-45-17-9-7-15-41(45)43-27-35(23-25-47(43)53)33-11-3-1-4-12-33)38-20-22-40(32-52)50(30-38)54-46-18-10-8-16-42(46)44-28-36(24-26-48(44)54)34-13-5-2-6-14-34/h1-30H. The van der Waals surface area contributed by atoms with E-state index in [9.17, 15) is 10.5 Å². The Bertz CT molecular complexity index is 2950. The average molecular weight is 687 g/mol. The van der Waals surface area contributed by atoms with E-state index < -0.39 is 0 Å². The minimum Gasteiger partial charge on any atom is -0.308 e. The molecule has 0 radical (unpaired) electrons. The summed E-state index contributed by atoms with van der Waals surface area (Å²) in [6.07, 6.45) is 0. The molecule has 0 atom stereocenters. The molecule has 10 rings (SSSR count). The van der Waals surface area contributed by atoms with Crippen molar-refractivity contribution in [3.63, 3.8) is 0 Å². The number of hydrogen-bond acceptors (Lipinski definition) is 2. The van der Waals surface area contributed by atoms with Gasteiger partial charge in [0.1, 0.15) is 12.1 Å². The van der Waals surface area contributed by atoms with E-state index in [4.69, 9.17) is 0 Å². The second-order valence-corrected chi connectivity index (χ2v) is 13.6. The van der Waals surface area contributed by atoms with Gasteiger partial charge in [-0.3, -0.25) is 0 Å². The van der Waals surface area contributed by atoms with E-state index in [0.29, 0.717) is 11.1 Å². The number of aromatic nitrogens is 2. The predicted octanol–water partition coefficient (Wildman–Crippen LogP) is 12.6. The minimum atomic E-state index is 0.582. The highest BCUT2D eigenvalue weighted by Gasteiger charge is 2.19. The van der Waals surface area contributed by atoms with E-state index in [0.717, 1.165) is 88.4 Å². The van der Waals surface area contributed by atoms with Crippen LogP contribution in [0.3, 0.4) is 0 Å². The minimum absolute atomic E-state index is 0.582. The maximum absolute atomic E-state index is 10.4. The van der Waals surface area contributed by atoms with Gasteiger partial charge >= 0.3 is 0 Å². The number of nitrogens with zero attached hydrogens (tertiary/aromatic N) is 4. The maximum atomic E-state index is 10.4. The molecule has 0 amide bonds. The first-order valence-electron chi connectivity index (χ1n) is 18.0. The highest BCUT2D eigenvalue weighted by Crippen LogP contribution is 2.39. The summed E-state index contributed by atoms with van der Waals surface area (Å²) in [7, 11) is 0. The Morgan fingerprint density at radius 3 is 1.07 bits per heavy atom. The molecule has 2 heterocycles. The Hall–Kier alpha value is -7.66. The number of para-hydroxylation sites is 2. The van der Waals surface area contributed by atoms with Crippen molar-refractivity contribution < 1.29 is 0 Å². The van der Waals surface area contributed by atoms with Gasteiger partial charge in [-0.05, 0) is 94.0 Å². The lowest BCUT2D eigenvalue weighted by Gasteiger charge is -2.15. The maximum Gasteiger partial charge on any atom is 0.101 e. The van der Waals surface area contributed by atoms with Gasteiger partial charge in [0.15, 0.2) is 0 Å². The molecule has 0 N–H and O–H groups in total. The Labute approximate surface area is 312 Å². The van der Waals surface area contributed by atoms with Gasteiger partial charge in [0.25, 0.3) is 0 Å². The molecule has 0 saturated heterocycles. The first-order valence-corrected chi connectivity index (χ1v) is 18.0. The molecule has 2 aromatic heterocycles. The summed E-state index contributed by atoms with van der Waals surface area (Å²) in [6.45, 7) is 0. The summed E-state index contributed by atoms with van der Waals surface area (Å²) in [5.74, 6) is 0. The lowest BCUT2D eigenvalue weighted by molar-refractivity contribution is 1.16. The predicted molar refractivity (Wildman–Crippen MR) is 221 cm³/mol. The first kappa shape index (κ1) is 31.1. The van der Waals surface area contributed by atoms with Gasteiger partial charge in [0.05, 0.1) is 44.6 Å². The van der Waals surface area contributed by atoms with Crippen LogP contribution in [0.25, 0.3) is 88.4 Å². The zero-order chi connectivity index (χ0) is 36.2. The third-order valence-electron chi connectivity index (χ3n) is 10.6. The van der Waals surface area contributed by atoms with Crippen LogP contribution < -0.4 is 0 Å². The highest BCUT2D eigenvalue weighted by molar-refractivity contribution is 6.12. The zero-order valence-corrected chi connectivity index (χ0v) is 29.1. The van der Waals surface area contributed by atoms with E-state index in [-0.39, 0.29) is 0 Å². The zero-order valence-electron chi connectivity index (χ0n) is 29.1. The Morgan fingerprint density at radius 2 is 0.648 bits per heavy atom. The van der Waals surface area contributed by atoms with Crippen molar-refractivity contribution in [1.82, 2.24) is 9.13 Å². The van der Waals surface area contributed by atoms with Crippen LogP contribution in [0.1, 0.15) is 11.1 Å². The summed E-state index contributed by atoms with van der Waals surface area (Å²) in [6, 6.07) is 67.7. The highest BCUT2D eigenvalue weighted by atomic mass is 15.0. The fraction of sp³-hybridized carbons (Fsp3) is 0. The number of hydrogen-bond donors (Lipinski definition) is 0. The molecule has 250 valence electrons. The smallest absolute Gasteiger partial charge is 0.101 e. The molecular formula is C50H30N4. The van der Waals surface area contributed by atoms with Crippen LogP contribution in [-0.2, 0) is 0 Å². The van der Waals surface area contributed by atoms with E-state index in [1.54, 1.807) is 0 Å². The van der Waals surface area contributed by atoms with Crippen molar-refractivity contribution in [3.8, 4) is 56.9 Å². The number of fused-ring (bicyclic) bond motifs is 6. The monoisotopic (exact) mass is 686 g/mol. The molecule has 0 aliphatic heterocycles. The molecule has 0 spiro atoms. The SMILES string of the molecule is N#Cc1ccc(-c2ccc(C#N)c(-n3c4ccccc4c4cc(-c5ccccc5)ccc43)c2)cc1-n1c2ccccc2c2cc(-c3ccccc3)ccc21. The fourth-order valence-corrected chi connectivity index (χ4v) is 8.07. The lowest BCUT2D eigenvalue weighted by Crippen LogP contribution is -2.00. The van der Waals surface area contributed by atoms with E-state index in [1.165, 1.54) is 0 Å². The number of benzene rings is 8. The third-order valence-corrected chi connectivity index (χ3v) is 10.6. The Balaban J connectivity index is 1.16. The van der Waals surface area contributed by atoms with Gasteiger partial charge < -0.3 is 9.13 Å². The van der Waals surface area contributed by atoms with Crippen LogP contribution in [0.4, 0.5) is 0 Å². The molecule has 0 bridgehead atoms. The Kier molecular flexibility index (Phi) is 7.22. The molecule has 0 unspecified atom stereocenters. The summed E-state index contributed by atoms with van der Waals surface area (Å²) in [4.78, 5) is 0. The molecular weight excluding hydrogens is 657 g/mol. The van der Waals surface area contributed by atoms with Gasteiger partial charge in [-0.1, -0.05) is 121 Å². The van der Waals surface area contributed by atoms with Gasteiger partial charge in [-0.25, -0.2) is 0 Å². The number of rotatable bonds is 5. The van der Waals surface area contributed by atoms with Crippen molar-refractivity contribution >= 4 is 43.6 Å². The molecule has 0 aliphatic carbocycles. The van der Waals surface area contributed by atoms with Crippen molar-refractivity contribution in [2.75, 3.05) is 0 Å². The molecule has 4 nitrogen and oxygen atoms in total. The average Bonchev–Trinajstić information content (AvgIpc) is 3.76. The van der Waals surface area contributed by atoms with Crippen LogP contribution in [-0.4, -0.2) is 9.13 Å². The normalized spacial score (nSPS) is 11.3. The Morgan fingerprint density at radius 1 is 0.296 bits per heavy atom. The second kappa shape index (κ2) is 12.5. The van der Waals surface area contributed by atoms with Crippen molar-refractivity contribution in [3.05, 3.63) is 193 Å². The van der Waals surface area contributed by atoms with Crippen LogP contribution in [0.15, 0.2) is 182 Å². The molecule has 0 fully saturated rings. The summed E-state index contributed by atoms with van der Waals surface area (Å²) in [5.41, 5.74) is 13.4. The molecule has 10 aromatic rings. The van der Waals surface area contributed by atoms with Crippen LogP contribution >= 0.6 is 0 Å². The van der Waals surface area contributed by atoms with E-state index in [2.05, 4.69) is 155 Å². The van der Waals surface area contributed by atoms with Gasteiger partial charge in [0.2, 0.25) is 0 Å². The van der Waals surface area contributed by atoms with Crippen molar-refractivity contribution in [1.29, 1.82) is 10.5 Å². The molecule has 54 heavy (non-hydrogen) atoms. The molecule has 4 heteroatoms. The third kappa shape index (κ3) is 4.90. The van der Waals surface area contributed by atoms with Crippen molar-refractivity contribution in [2.24, 2.45) is 0 Å². The first-order chi connectivity index (χ1) is 26.7. The van der Waals surface area contributed by atoms with Crippen LogP contribution in [0.2, 0.25) is 0 Å². The molecule has 0 aliphatic rings. The summed E-state index contributed by atoms with van der Waals surface area (Å²) < 4.78 is 4.42. The summed E-state index contributed by atoms with van der Waals surface area (Å²) >= 11 is 0. The lowest BCUT2D eigenvalue weighted by atomic mass is 9.99. The van der Waals surface area contributed by atoms with Gasteiger partial charge in [0, 0.05) is 21.5 Å². The fourth-order valence-electron chi connectivity index (χ4n) is 8.07. The van der Waals surface area contributed by atoms with Gasteiger partial charge in [-0.2, -0.15) is 10.5 Å². The quantitative estimate of drug-likeness (QED) is 0.181. The van der Waals surface area contributed by atoms with Gasteiger partial charge in [-0.15, -0.1) is 0 Å². The second-order valence-electron chi connectivity index (χ2n) is 13.6. The molecule has 0 saturated carbocycles. The van der Waals surface area contributed by atoms with E-state index >= 15 is 0 Å². The largest absolute Gasteiger partial charge is 0.308 e. The van der Waals surface area contributed by atoms with Crippen LogP contribution in [0, 0.1) is 22.7 Å². The van der Waals surface area contributed by atoms with E-state index in [1.807, 2.05) is 48.5 Å². The topological polar surface area (TPSA) is 57.4 Å².